The lowest BCUT2D eigenvalue weighted by molar-refractivity contribution is -0.104. The van der Waals surface area contributed by atoms with Crippen molar-refractivity contribution < 1.29 is 4.79 Å². The molecule has 2 aromatic heterocycles. The molecule has 2 rings (SSSR count). The monoisotopic (exact) mass is 172 g/mol. The van der Waals surface area contributed by atoms with E-state index in [4.69, 9.17) is 0 Å². The van der Waals surface area contributed by atoms with E-state index in [-0.39, 0.29) is 0 Å². The molecule has 3 heteroatoms. The van der Waals surface area contributed by atoms with Gasteiger partial charge in [0, 0.05) is 18.6 Å². The van der Waals surface area contributed by atoms with Crippen LogP contribution in [0.15, 0.2) is 36.8 Å². The van der Waals surface area contributed by atoms with Crippen LogP contribution in [0.25, 0.3) is 11.7 Å². The van der Waals surface area contributed by atoms with E-state index in [9.17, 15) is 4.79 Å². The lowest BCUT2D eigenvalue weighted by atomic mass is 10.2. The summed E-state index contributed by atoms with van der Waals surface area (Å²) in [5, 5.41) is 0. The summed E-state index contributed by atoms with van der Waals surface area (Å²) >= 11 is 0. The lowest BCUT2D eigenvalue weighted by Gasteiger charge is -1.94. The minimum Gasteiger partial charge on any atom is -0.307 e. The van der Waals surface area contributed by atoms with Gasteiger partial charge in [-0.05, 0) is 23.8 Å². The standard InChI is InChI=1S/C10H8N2O/c13-7-1-2-9-3-4-10-11-5-6-12(10)8-9/h1-8H/b2-1+. The molecule has 0 amide bonds. The van der Waals surface area contributed by atoms with Gasteiger partial charge in [-0.1, -0.05) is 6.08 Å². The highest BCUT2D eigenvalue weighted by Gasteiger charge is 1.92. The van der Waals surface area contributed by atoms with Crippen LogP contribution in [0.2, 0.25) is 0 Å². The van der Waals surface area contributed by atoms with Gasteiger partial charge in [0.15, 0.2) is 0 Å². The predicted molar refractivity (Wildman–Crippen MR) is 50.3 cm³/mol. The molecule has 0 aromatic carbocycles. The number of allylic oxidation sites excluding steroid dienone is 1. The van der Waals surface area contributed by atoms with Crippen molar-refractivity contribution in [3.05, 3.63) is 42.4 Å². The number of nitrogens with zero attached hydrogens (tertiary/aromatic N) is 2. The molecule has 0 aliphatic heterocycles. The maximum Gasteiger partial charge on any atom is 0.142 e. The molecule has 0 bridgehead atoms. The third kappa shape index (κ3) is 1.49. The second-order valence-electron chi connectivity index (χ2n) is 2.65. The van der Waals surface area contributed by atoms with Crippen LogP contribution in [0.5, 0.6) is 0 Å². The number of imidazole rings is 1. The Hall–Kier alpha value is -1.90. The average Bonchev–Trinajstić information content (AvgIpc) is 2.61. The number of aromatic nitrogens is 2. The molecule has 0 spiro atoms. The lowest BCUT2D eigenvalue weighted by Crippen LogP contribution is -1.83. The molecule has 0 unspecified atom stereocenters. The highest BCUT2D eigenvalue weighted by Crippen LogP contribution is 2.05. The third-order valence-electron chi connectivity index (χ3n) is 1.78. The molecular formula is C10H8N2O. The first-order valence-electron chi connectivity index (χ1n) is 3.95. The molecule has 0 aliphatic carbocycles. The van der Waals surface area contributed by atoms with E-state index in [1.54, 1.807) is 12.3 Å². The van der Waals surface area contributed by atoms with Gasteiger partial charge in [0.25, 0.3) is 0 Å². The molecule has 2 heterocycles. The van der Waals surface area contributed by atoms with Crippen molar-refractivity contribution in [1.82, 2.24) is 9.38 Å². The second kappa shape index (κ2) is 3.23. The van der Waals surface area contributed by atoms with Gasteiger partial charge in [0.2, 0.25) is 0 Å². The average molecular weight is 172 g/mol. The molecule has 0 saturated heterocycles. The normalized spacial score (nSPS) is 11.1. The van der Waals surface area contributed by atoms with Gasteiger partial charge in [-0.25, -0.2) is 4.98 Å². The van der Waals surface area contributed by atoms with Crippen molar-refractivity contribution in [3.63, 3.8) is 0 Å². The van der Waals surface area contributed by atoms with Gasteiger partial charge in [-0.15, -0.1) is 0 Å². The Morgan fingerprint density at radius 2 is 2.31 bits per heavy atom. The smallest absolute Gasteiger partial charge is 0.142 e. The van der Waals surface area contributed by atoms with Crippen molar-refractivity contribution in [3.8, 4) is 0 Å². The van der Waals surface area contributed by atoms with Crippen molar-refractivity contribution in [2.45, 2.75) is 0 Å². The molecule has 3 nitrogen and oxygen atoms in total. The van der Waals surface area contributed by atoms with Crippen LogP contribution < -0.4 is 0 Å². The number of carbonyl (C=O) groups excluding carboxylic acids is 1. The zero-order valence-corrected chi connectivity index (χ0v) is 6.92. The van der Waals surface area contributed by atoms with E-state index in [0.717, 1.165) is 17.5 Å². The molecule has 64 valence electrons. The number of hydrogen-bond donors (Lipinski definition) is 0. The maximum absolute atomic E-state index is 10.1. The summed E-state index contributed by atoms with van der Waals surface area (Å²) in [6.07, 6.45) is 9.51. The Bertz CT molecular complexity index is 457. The zero-order chi connectivity index (χ0) is 9.10. The number of hydrogen-bond acceptors (Lipinski definition) is 2. The first-order valence-corrected chi connectivity index (χ1v) is 3.95. The molecule has 0 saturated carbocycles. The predicted octanol–water partition coefficient (Wildman–Crippen LogP) is 1.55. The molecule has 0 radical (unpaired) electrons. The summed E-state index contributed by atoms with van der Waals surface area (Å²) in [4.78, 5) is 14.2. The highest BCUT2D eigenvalue weighted by molar-refractivity contribution is 5.73. The number of aldehydes is 1. The largest absolute Gasteiger partial charge is 0.307 e. The van der Waals surface area contributed by atoms with Crippen LogP contribution in [0, 0.1) is 0 Å². The van der Waals surface area contributed by atoms with Gasteiger partial charge < -0.3 is 4.40 Å². The summed E-state index contributed by atoms with van der Waals surface area (Å²) in [6, 6.07) is 3.83. The van der Waals surface area contributed by atoms with Crippen LogP contribution in [-0.2, 0) is 4.79 Å². The van der Waals surface area contributed by atoms with E-state index >= 15 is 0 Å². The Labute approximate surface area is 75.3 Å². The van der Waals surface area contributed by atoms with E-state index < -0.39 is 0 Å². The van der Waals surface area contributed by atoms with E-state index in [0.29, 0.717) is 0 Å². The molecule has 2 aromatic rings. The van der Waals surface area contributed by atoms with Gasteiger partial charge in [-0.2, -0.15) is 0 Å². The maximum atomic E-state index is 10.1. The van der Waals surface area contributed by atoms with Crippen LogP contribution >= 0.6 is 0 Å². The molecular weight excluding hydrogens is 164 g/mol. The fourth-order valence-electron chi connectivity index (χ4n) is 1.19. The highest BCUT2D eigenvalue weighted by atomic mass is 16.1. The van der Waals surface area contributed by atoms with Gasteiger partial charge in [0.1, 0.15) is 11.9 Å². The van der Waals surface area contributed by atoms with Crippen molar-refractivity contribution in [2.24, 2.45) is 0 Å². The topological polar surface area (TPSA) is 34.4 Å². The Morgan fingerprint density at radius 1 is 1.38 bits per heavy atom. The Balaban J connectivity index is 2.47. The molecule has 0 N–H and O–H groups in total. The molecule has 0 fully saturated rings. The minimum absolute atomic E-state index is 0.762. The van der Waals surface area contributed by atoms with E-state index in [1.165, 1.54) is 6.08 Å². The van der Waals surface area contributed by atoms with Gasteiger partial charge in [-0.3, -0.25) is 4.79 Å². The first-order chi connectivity index (χ1) is 6.40. The Morgan fingerprint density at radius 3 is 3.15 bits per heavy atom. The van der Waals surface area contributed by atoms with Crippen molar-refractivity contribution in [1.29, 1.82) is 0 Å². The van der Waals surface area contributed by atoms with Gasteiger partial charge in [0.05, 0.1) is 0 Å². The fraction of sp³-hybridized carbons (Fsp3) is 0. The summed E-state index contributed by atoms with van der Waals surface area (Å²) in [5.41, 5.74) is 1.89. The SMILES string of the molecule is O=C/C=C/c1ccc2nccn2c1. The van der Waals surface area contributed by atoms with Crippen LogP contribution in [-0.4, -0.2) is 15.7 Å². The molecule has 0 aliphatic rings. The number of carbonyl (C=O) groups is 1. The summed E-state index contributed by atoms with van der Waals surface area (Å²) < 4.78 is 1.91. The first kappa shape index (κ1) is 7.73. The summed E-state index contributed by atoms with van der Waals surface area (Å²) in [7, 11) is 0. The molecule has 0 atom stereocenters. The van der Waals surface area contributed by atoms with Gasteiger partial charge >= 0.3 is 0 Å². The van der Waals surface area contributed by atoms with E-state index in [1.807, 2.05) is 28.9 Å². The second-order valence-corrected chi connectivity index (χ2v) is 2.65. The number of rotatable bonds is 2. The number of fused-ring (bicyclic) bond motifs is 1. The fourth-order valence-corrected chi connectivity index (χ4v) is 1.19. The van der Waals surface area contributed by atoms with Crippen LogP contribution in [0.1, 0.15) is 5.56 Å². The quantitative estimate of drug-likeness (QED) is 0.508. The van der Waals surface area contributed by atoms with Crippen molar-refractivity contribution in [2.75, 3.05) is 0 Å². The zero-order valence-electron chi connectivity index (χ0n) is 6.92. The number of pyridine rings is 1. The minimum atomic E-state index is 0.762. The molecule has 13 heavy (non-hydrogen) atoms. The third-order valence-corrected chi connectivity index (χ3v) is 1.78. The van der Waals surface area contributed by atoms with Crippen LogP contribution in [0.3, 0.4) is 0 Å². The van der Waals surface area contributed by atoms with E-state index in [2.05, 4.69) is 4.98 Å². The van der Waals surface area contributed by atoms with Crippen molar-refractivity contribution >= 4 is 18.0 Å². The van der Waals surface area contributed by atoms with Crippen LogP contribution in [0.4, 0.5) is 0 Å². The summed E-state index contributed by atoms with van der Waals surface area (Å²) in [5.74, 6) is 0. The summed E-state index contributed by atoms with van der Waals surface area (Å²) in [6.45, 7) is 0. The Kier molecular flexibility index (Phi) is 1.92.